The van der Waals surface area contributed by atoms with Crippen LogP contribution in [0.4, 0.5) is 0 Å². The van der Waals surface area contributed by atoms with Crippen molar-refractivity contribution >= 4 is 17.2 Å². The van der Waals surface area contributed by atoms with Gasteiger partial charge in [-0.3, -0.25) is 9.48 Å². The SMILES string of the molecule is CC(C)c1ncsc1C(=O)N1CCCCC1c1ccnn1C. The molecule has 1 amide bonds. The molecule has 0 radical (unpaired) electrons. The molecular formula is C16H22N4OS. The molecule has 0 bridgehead atoms. The molecule has 22 heavy (non-hydrogen) atoms. The van der Waals surface area contributed by atoms with Crippen molar-refractivity contribution in [2.75, 3.05) is 6.54 Å². The van der Waals surface area contributed by atoms with Crippen LogP contribution < -0.4 is 0 Å². The highest BCUT2D eigenvalue weighted by atomic mass is 32.1. The Labute approximate surface area is 135 Å². The van der Waals surface area contributed by atoms with Gasteiger partial charge in [0.1, 0.15) is 4.88 Å². The van der Waals surface area contributed by atoms with Crippen LogP contribution in [0.25, 0.3) is 0 Å². The van der Waals surface area contributed by atoms with Gasteiger partial charge in [-0.05, 0) is 31.2 Å². The molecule has 1 unspecified atom stereocenters. The number of hydrogen-bond acceptors (Lipinski definition) is 4. The molecule has 0 saturated carbocycles. The zero-order valence-corrected chi connectivity index (χ0v) is 14.1. The lowest BCUT2D eigenvalue weighted by molar-refractivity contribution is 0.0604. The van der Waals surface area contributed by atoms with E-state index in [1.165, 1.54) is 11.3 Å². The maximum atomic E-state index is 13.1. The predicted molar refractivity (Wildman–Crippen MR) is 87.0 cm³/mol. The van der Waals surface area contributed by atoms with E-state index >= 15 is 0 Å². The van der Waals surface area contributed by atoms with E-state index in [1.807, 2.05) is 22.7 Å². The lowest BCUT2D eigenvalue weighted by Crippen LogP contribution is -2.39. The van der Waals surface area contributed by atoms with Crippen molar-refractivity contribution in [1.82, 2.24) is 19.7 Å². The number of piperidine rings is 1. The minimum absolute atomic E-state index is 0.121. The first kappa shape index (κ1) is 15.2. The summed E-state index contributed by atoms with van der Waals surface area (Å²) in [6.07, 6.45) is 5.02. The van der Waals surface area contributed by atoms with Crippen LogP contribution in [-0.2, 0) is 7.05 Å². The quantitative estimate of drug-likeness (QED) is 0.872. The number of likely N-dealkylation sites (tertiary alicyclic amines) is 1. The van der Waals surface area contributed by atoms with Gasteiger partial charge in [-0.1, -0.05) is 13.8 Å². The Morgan fingerprint density at radius 3 is 2.91 bits per heavy atom. The molecule has 118 valence electrons. The van der Waals surface area contributed by atoms with E-state index in [-0.39, 0.29) is 17.9 Å². The van der Waals surface area contributed by atoms with Crippen LogP contribution in [0.1, 0.15) is 66.1 Å². The standard InChI is InChI=1S/C16H22N4OS/c1-11(2)14-15(22-10-17-14)16(21)20-9-5-4-6-13(20)12-7-8-18-19(12)3/h7-8,10-11,13H,4-6,9H2,1-3H3. The average Bonchev–Trinajstić information content (AvgIpc) is 3.15. The first-order valence-electron chi connectivity index (χ1n) is 7.82. The van der Waals surface area contributed by atoms with E-state index in [9.17, 15) is 4.79 Å². The molecule has 1 aliphatic heterocycles. The lowest BCUT2D eigenvalue weighted by Gasteiger charge is -2.35. The first-order valence-corrected chi connectivity index (χ1v) is 8.69. The van der Waals surface area contributed by atoms with Gasteiger partial charge in [0.2, 0.25) is 0 Å². The molecule has 0 aromatic carbocycles. The Morgan fingerprint density at radius 1 is 1.41 bits per heavy atom. The Kier molecular flexibility index (Phi) is 4.29. The molecule has 6 heteroatoms. The average molecular weight is 318 g/mol. The van der Waals surface area contributed by atoms with Gasteiger partial charge < -0.3 is 4.90 Å². The van der Waals surface area contributed by atoms with Crippen LogP contribution in [0.15, 0.2) is 17.8 Å². The van der Waals surface area contributed by atoms with Crippen molar-refractivity contribution in [1.29, 1.82) is 0 Å². The minimum atomic E-state index is 0.121. The van der Waals surface area contributed by atoms with Crippen molar-refractivity contribution < 1.29 is 4.79 Å². The van der Waals surface area contributed by atoms with Crippen LogP contribution >= 0.6 is 11.3 Å². The number of carbonyl (C=O) groups excluding carboxylic acids is 1. The molecule has 0 aliphatic carbocycles. The van der Waals surface area contributed by atoms with E-state index in [1.54, 1.807) is 11.7 Å². The van der Waals surface area contributed by atoms with E-state index in [0.29, 0.717) is 0 Å². The summed E-state index contributed by atoms with van der Waals surface area (Å²) < 4.78 is 1.88. The Balaban J connectivity index is 1.92. The second-order valence-corrected chi connectivity index (χ2v) is 6.97. The fraction of sp³-hybridized carbons (Fsp3) is 0.562. The van der Waals surface area contributed by atoms with Crippen molar-refractivity contribution in [2.24, 2.45) is 7.05 Å². The van der Waals surface area contributed by atoms with E-state index in [0.717, 1.165) is 42.1 Å². The highest BCUT2D eigenvalue weighted by molar-refractivity contribution is 7.11. The summed E-state index contributed by atoms with van der Waals surface area (Å²) >= 11 is 1.46. The molecule has 2 aromatic rings. The number of nitrogens with zero attached hydrogens (tertiary/aromatic N) is 4. The zero-order valence-electron chi connectivity index (χ0n) is 13.3. The Bertz CT molecular complexity index is 661. The van der Waals surface area contributed by atoms with Crippen LogP contribution in [0.2, 0.25) is 0 Å². The predicted octanol–water partition coefficient (Wildman–Crippen LogP) is 3.37. The van der Waals surface area contributed by atoms with Crippen LogP contribution in [0, 0.1) is 0 Å². The Hall–Kier alpha value is -1.69. The second kappa shape index (κ2) is 6.20. The summed E-state index contributed by atoms with van der Waals surface area (Å²) in [5, 5.41) is 4.26. The third kappa shape index (κ3) is 2.67. The smallest absolute Gasteiger partial charge is 0.266 e. The molecular weight excluding hydrogens is 296 g/mol. The third-order valence-corrected chi connectivity index (χ3v) is 5.13. The fourth-order valence-corrected chi connectivity index (χ4v) is 4.05. The number of aryl methyl sites for hydroxylation is 1. The monoisotopic (exact) mass is 318 g/mol. The molecule has 1 fully saturated rings. The van der Waals surface area contributed by atoms with Gasteiger partial charge in [-0.25, -0.2) is 4.98 Å². The summed E-state index contributed by atoms with van der Waals surface area (Å²) in [5.74, 6) is 0.391. The number of rotatable bonds is 3. The van der Waals surface area contributed by atoms with E-state index in [2.05, 4.69) is 23.9 Å². The number of carbonyl (C=O) groups is 1. The van der Waals surface area contributed by atoms with E-state index < -0.39 is 0 Å². The van der Waals surface area contributed by atoms with Gasteiger partial charge in [-0.15, -0.1) is 11.3 Å². The van der Waals surface area contributed by atoms with Gasteiger partial charge in [0.15, 0.2) is 0 Å². The van der Waals surface area contributed by atoms with Crippen LogP contribution in [0.3, 0.4) is 0 Å². The Morgan fingerprint density at radius 2 is 2.23 bits per heavy atom. The highest BCUT2D eigenvalue weighted by Gasteiger charge is 2.32. The summed E-state index contributed by atoms with van der Waals surface area (Å²) in [5.41, 5.74) is 3.82. The largest absolute Gasteiger partial charge is 0.329 e. The summed E-state index contributed by atoms with van der Waals surface area (Å²) in [7, 11) is 1.94. The molecule has 0 N–H and O–H groups in total. The first-order chi connectivity index (χ1) is 10.6. The topological polar surface area (TPSA) is 51.0 Å². The zero-order chi connectivity index (χ0) is 15.7. The molecule has 2 aromatic heterocycles. The van der Waals surface area contributed by atoms with Crippen molar-refractivity contribution in [3.8, 4) is 0 Å². The fourth-order valence-electron chi connectivity index (χ4n) is 3.15. The molecule has 3 rings (SSSR count). The molecule has 1 atom stereocenters. The normalized spacial score (nSPS) is 18.9. The highest BCUT2D eigenvalue weighted by Crippen LogP contribution is 2.33. The van der Waals surface area contributed by atoms with Gasteiger partial charge in [0.25, 0.3) is 5.91 Å². The molecule has 3 heterocycles. The van der Waals surface area contributed by atoms with Crippen LogP contribution in [-0.4, -0.2) is 32.1 Å². The minimum Gasteiger partial charge on any atom is -0.329 e. The van der Waals surface area contributed by atoms with Crippen molar-refractivity contribution in [2.45, 2.75) is 45.1 Å². The molecule has 0 spiro atoms. The summed E-state index contributed by atoms with van der Waals surface area (Å²) in [6.45, 7) is 4.98. The number of amides is 1. The molecule has 5 nitrogen and oxygen atoms in total. The van der Waals surface area contributed by atoms with Gasteiger partial charge in [0.05, 0.1) is 22.9 Å². The van der Waals surface area contributed by atoms with Gasteiger partial charge in [0, 0.05) is 19.8 Å². The van der Waals surface area contributed by atoms with Gasteiger partial charge in [-0.2, -0.15) is 5.10 Å². The summed E-state index contributed by atoms with van der Waals surface area (Å²) in [4.78, 5) is 20.3. The number of thiazole rings is 1. The maximum Gasteiger partial charge on any atom is 0.266 e. The molecule has 1 saturated heterocycles. The van der Waals surface area contributed by atoms with Crippen LogP contribution in [0.5, 0.6) is 0 Å². The number of hydrogen-bond donors (Lipinski definition) is 0. The lowest BCUT2D eigenvalue weighted by atomic mass is 9.98. The van der Waals surface area contributed by atoms with Gasteiger partial charge >= 0.3 is 0 Å². The van der Waals surface area contributed by atoms with E-state index in [4.69, 9.17) is 0 Å². The van der Waals surface area contributed by atoms with Crippen molar-refractivity contribution in [3.63, 3.8) is 0 Å². The molecule has 1 aliphatic rings. The second-order valence-electron chi connectivity index (χ2n) is 6.11. The summed E-state index contributed by atoms with van der Waals surface area (Å²) in [6, 6.07) is 2.14. The third-order valence-electron chi connectivity index (χ3n) is 4.30. The van der Waals surface area contributed by atoms with Crippen molar-refractivity contribution in [3.05, 3.63) is 34.0 Å². The maximum absolute atomic E-state index is 13.1. The number of aromatic nitrogens is 3.